The van der Waals surface area contributed by atoms with Gasteiger partial charge in [-0.1, -0.05) is 42.5 Å². The van der Waals surface area contributed by atoms with E-state index >= 15 is 0 Å². The number of rotatable bonds is 11. The summed E-state index contributed by atoms with van der Waals surface area (Å²) >= 11 is 1.12. The summed E-state index contributed by atoms with van der Waals surface area (Å²) in [4.78, 5) is 27.8. The molecule has 0 spiro atoms. The molecule has 3 aromatic rings. The SMILES string of the molecule is CCOc1cc(/C=C2/SC(NC(C)=O)=NC2=O)ccc1OCc1ccc(OCc2ccccc2)c(OCC)c1. The van der Waals surface area contributed by atoms with Crippen molar-refractivity contribution in [3.63, 3.8) is 0 Å². The number of hydrogen-bond donors (Lipinski definition) is 1. The van der Waals surface area contributed by atoms with Crippen LogP contribution >= 0.6 is 11.8 Å². The largest absolute Gasteiger partial charge is 0.490 e. The number of amides is 2. The van der Waals surface area contributed by atoms with Crippen molar-refractivity contribution in [1.29, 1.82) is 0 Å². The summed E-state index contributed by atoms with van der Waals surface area (Å²) in [5.41, 5.74) is 2.74. The lowest BCUT2D eigenvalue weighted by atomic mass is 10.1. The van der Waals surface area contributed by atoms with Crippen LogP contribution in [0, 0.1) is 0 Å². The van der Waals surface area contributed by atoms with Crippen LogP contribution in [0.4, 0.5) is 0 Å². The molecule has 0 bridgehead atoms. The molecule has 0 atom stereocenters. The molecule has 2 amide bonds. The van der Waals surface area contributed by atoms with Crippen LogP contribution in [-0.4, -0.2) is 30.2 Å². The average molecular weight is 547 g/mol. The van der Waals surface area contributed by atoms with Crippen molar-refractivity contribution in [2.45, 2.75) is 34.0 Å². The number of hydrogen-bond acceptors (Lipinski definition) is 7. The summed E-state index contributed by atoms with van der Waals surface area (Å²) in [5.74, 6) is 1.77. The minimum Gasteiger partial charge on any atom is -0.490 e. The van der Waals surface area contributed by atoms with E-state index in [0.717, 1.165) is 28.5 Å². The van der Waals surface area contributed by atoms with Gasteiger partial charge in [0.1, 0.15) is 13.2 Å². The molecule has 1 aliphatic rings. The molecule has 0 aliphatic carbocycles. The van der Waals surface area contributed by atoms with Gasteiger partial charge in [0.25, 0.3) is 5.91 Å². The number of carbonyl (C=O) groups is 2. The Labute approximate surface area is 232 Å². The van der Waals surface area contributed by atoms with Crippen LogP contribution in [0.1, 0.15) is 37.5 Å². The second-order valence-corrected chi connectivity index (χ2v) is 9.46. The Kier molecular flexibility index (Phi) is 9.64. The molecule has 9 heteroatoms. The van der Waals surface area contributed by atoms with Gasteiger partial charge in [-0.2, -0.15) is 4.99 Å². The first-order chi connectivity index (χ1) is 18.9. The van der Waals surface area contributed by atoms with Gasteiger partial charge in [-0.15, -0.1) is 0 Å². The van der Waals surface area contributed by atoms with E-state index in [4.69, 9.17) is 18.9 Å². The Hall–Kier alpha value is -4.24. The van der Waals surface area contributed by atoms with E-state index in [0.29, 0.717) is 54.3 Å². The van der Waals surface area contributed by atoms with Gasteiger partial charge in [-0.25, -0.2) is 0 Å². The molecule has 1 heterocycles. The smallest absolute Gasteiger partial charge is 0.286 e. The first kappa shape index (κ1) is 27.8. The highest BCUT2D eigenvalue weighted by molar-refractivity contribution is 8.18. The molecule has 39 heavy (non-hydrogen) atoms. The molecule has 0 saturated heterocycles. The molecule has 3 aromatic carbocycles. The third-order valence-electron chi connectivity index (χ3n) is 5.41. The molecule has 0 saturated carbocycles. The zero-order chi connectivity index (χ0) is 27.6. The zero-order valence-corrected chi connectivity index (χ0v) is 22.9. The molecule has 0 unspecified atom stereocenters. The molecular formula is C30H30N2O6S. The van der Waals surface area contributed by atoms with Crippen LogP contribution in [0.25, 0.3) is 6.08 Å². The third-order valence-corrected chi connectivity index (χ3v) is 6.31. The minimum absolute atomic E-state index is 0.270. The number of nitrogens with one attached hydrogen (secondary N) is 1. The lowest BCUT2D eigenvalue weighted by molar-refractivity contribution is -0.117. The number of ether oxygens (including phenoxy) is 4. The molecule has 0 aromatic heterocycles. The van der Waals surface area contributed by atoms with Crippen molar-refractivity contribution in [3.05, 3.63) is 88.3 Å². The van der Waals surface area contributed by atoms with Crippen LogP contribution in [0.15, 0.2) is 76.6 Å². The number of carbonyl (C=O) groups excluding carboxylic acids is 2. The lowest BCUT2D eigenvalue weighted by Crippen LogP contribution is -2.23. The fourth-order valence-corrected chi connectivity index (χ4v) is 4.55. The highest BCUT2D eigenvalue weighted by Gasteiger charge is 2.22. The summed E-state index contributed by atoms with van der Waals surface area (Å²) in [6.07, 6.45) is 1.71. The summed E-state index contributed by atoms with van der Waals surface area (Å²) in [6.45, 7) is 6.89. The summed E-state index contributed by atoms with van der Waals surface area (Å²) in [7, 11) is 0. The average Bonchev–Trinajstić information content (AvgIpc) is 3.26. The van der Waals surface area contributed by atoms with E-state index < -0.39 is 5.91 Å². The summed E-state index contributed by atoms with van der Waals surface area (Å²) in [5, 5.41) is 2.81. The van der Waals surface area contributed by atoms with Crippen molar-refractivity contribution in [2.75, 3.05) is 13.2 Å². The Morgan fingerprint density at radius 2 is 1.46 bits per heavy atom. The minimum atomic E-state index is -0.400. The maximum absolute atomic E-state index is 12.2. The monoisotopic (exact) mass is 546 g/mol. The maximum Gasteiger partial charge on any atom is 0.286 e. The van der Waals surface area contributed by atoms with Crippen molar-refractivity contribution < 1.29 is 28.5 Å². The van der Waals surface area contributed by atoms with Crippen LogP contribution < -0.4 is 24.3 Å². The van der Waals surface area contributed by atoms with E-state index in [1.165, 1.54) is 6.92 Å². The number of amidine groups is 1. The Morgan fingerprint density at radius 1 is 0.821 bits per heavy atom. The van der Waals surface area contributed by atoms with Gasteiger partial charge in [0.2, 0.25) is 5.91 Å². The van der Waals surface area contributed by atoms with E-state index in [-0.39, 0.29) is 11.1 Å². The van der Waals surface area contributed by atoms with E-state index in [1.54, 1.807) is 12.1 Å². The third kappa shape index (κ3) is 7.87. The molecule has 4 rings (SSSR count). The second-order valence-electron chi connectivity index (χ2n) is 8.43. The van der Waals surface area contributed by atoms with Gasteiger partial charge in [-0.05, 0) is 72.6 Å². The van der Waals surface area contributed by atoms with Gasteiger partial charge in [0, 0.05) is 6.92 Å². The Balaban J connectivity index is 1.44. The predicted molar refractivity (Wildman–Crippen MR) is 152 cm³/mol. The standard InChI is InChI=1S/C30H30N2O6S/c1-4-35-26-15-22(17-28-29(34)32-30(39-28)31-20(3)33)11-13-24(26)38-19-23-12-14-25(27(16-23)36-5-2)37-18-21-9-7-6-8-10-21/h6-17H,4-5,18-19H2,1-3H3,(H,31,32,33,34)/b28-17+. The molecule has 0 fully saturated rings. The van der Waals surface area contributed by atoms with E-state index in [9.17, 15) is 9.59 Å². The molecular weight excluding hydrogens is 516 g/mol. The molecule has 1 N–H and O–H groups in total. The number of aliphatic imine (C=N–C) groups is 1. The first-order valence-electron chi connectivity index (χ1n) is 12.6. The van der Waals surface area contributed by atoms with Gasteiger partial charge in [0.05, 0.1) is 18.1 Å². The predicted octanol–water partition coefficient (Wildman–Crippen LogP) is 5.75. The number of nitrogens with zero attached hydrogens (tertiary/aromatic N) is 1. The van der Waals surface area contributed by atoms with Crippen LogP contribution in [0.3, 0.4) is 0 Å². The van der Waals surface area contributed by atoms with Crippen molar-refractivity contribution in [3.8, 4) is 23.0 Å². The highest BCUT2D eigenvalue weighted by atomic mass is 32.2. The zero-order valence-electron chi connectivity index (χ0n) is 22.1. The van der Waals surface area contributed by atoms with Gasteiger partial charge in [0.15, 0.2) is 28.2 Å². The van der Waals surface area contributed by atoms with Gasteiger partial charge >= 0.3 is 0 Å². The Bertz CT molecular complexity index is 1390. The summed E-state index contributed by atoms with van der Waals surface area (Å²) < 4.78 is 23.7. The molecule has 8 nitrogen and oxygen atoms in total. The number of benzene rings is 3. The van der Waals surface area contributed by atoms with Crippen molar-refractivity contribution >= 4 is 34.8 Å². The maximum atomic E-state index is 12.2. The van der Waals surface area contributed by atoms with Gasteiger partial charge < -0.3 is 24.3 Å². The fourth-order valence-electron chi connectivity index (χ4n) is 3.69. The van der Waals surface area contributed by atoms with Crippen molar-refractivity contribution in [2.24, 2.45) is 4.99 Å². The fraction of sp³-hybridized carbons (Fsp3) is 0.233. The lowest BCUT2D eigenvalue weighted by Gasteiger charge is -2.15. The quantitative estimate of drug-likeness (QED) is 0.306. The number of thioether (sulfide) groups is 1. The molecule has 0 radical (unpaired) electrons. The first-order valence-corrected chi connectivity index (χ1v) is 13.4. The van der Waals surface area contributed by atoms with Crippen LogP contribution in [0.5, 0.6) is 23.0 Å². The van der Waals surface area contributed by atoms with E-state index in [1.807, 2.05) is 74.5 Å². The van der Waals surface area contributed by atoms with Crippen LogP contribution in [0.2, 0.25) is 0 Å². The van der Waals surface area contributed by atoms with Crippen molar-refractivity contribution in [1.82, 2.24) is 5.32 Å². The second kappa shape index (κ2) is 13.5. The van der Waals surface area contributed by atoms with Gasteiger partial charge in [-0.3, -0.25) is 9.59 Å². The Morgan fingerprint density at radius 3 is 2.13 bits per heavy atom. The molecule has 202 valence electrons. The normalized spacial score (nSPS) is 13.7. The van der Waals surface area contributed by atoms with E-state index in [2.05, 4.69) is 10.3 Å². The summed E-state index contributed by atoms with van der Waals surface area (Å²) in [6, 6.07) is 21.2. The molecule has 1 aliphatic heterocycles. The highest BCUT2D eigenvalue weighted by Crippen LogP contribution is 2.34. The topological polar surface area (TPSA) is 95.5 Å². The van der Waals surface area contributed by atoms with Crippen LogP contribution in [-0.2, 0) is 22.8 Å².